The summed E-state index contributed by atoms with van der Waals surface area (Å²) in [5.41, 5.74) is -0.544. The van der Waals surface area contributed by atoms with Gasteiger partial charge in [-0.3, -0.25) is 4.79 Å². The molecule has 0 spiro atoms. The van der Waals surface area contributed by atoms with Crippen molar-refractivity contribution in [2.45, 2.75) is 32.1 Å². The molecule has 1 saturated heterocycles. The minimum absolute atomic E-state index is 0.0813. The first kappa shape index (κ1) is 15.4. The zero-order valence-corrected chi connectivity index (χ0v) is 11.9. The van der Waals surface area contributed by atoms with Crippen molar-refractivity contribution in [3.8, 4) is 0 Å². The van der Waals surface area contributed by atoms with Crippen molar-refractivity contribution in [2.24, 2.45) is 0 Å². The van der Waals surface area contributed by atoms with Gasteiger partial charge in [-0.15, -0.1) is 0 Å². The summed E-state index contributed by atoms with van der Waals surface area (Å²) in [7, 11) is 0. The third-order valence-corrected chi connectivity index (χ3v) is 3.15. The van der Waals surface area contributed by atoms with Crippen molar-refractivity contribution >= 4 is 11.7 Å². The highest BCUT2D eigenvalue weighted by molar-refractivity contribution is 5.76. The van der Waals surface area contributed by atoms with Crippen molar-refractivity contribution in [1.29, 1.82) is 0 Å². The molecule has 0 aliphatic carbocycles. The molecule has 9 nitrogen and oxygen atoms in total. The topological polar surface area (TPSA) is 111 Å². The van der Waals surface area contributed by atoms with Crippen LogP contribution in [-0.4, -0.2) is 62.0 Å². The van der Waals surface area contributed by atoms with Crippen LogP contribution in [0.25, 0.3) is 0 Å². The van der Waals surface area contributed by atoms with E-state index >= 15 is 0 Å². The number of carbonyl (C=O) groups is 1. The fourth-order valence-electron chi connectivity index (χ4n) is 2.36. The van der Waals surface area contributed by atoms with Gasteiger partial charge in [0.15, 0.2) is 0 Å². The molecule has 1 fully saturated rings. The van der Waals surface area contributed by atoms with Crippen molar-refractivity contribution in [3.63, 3.8) is 0 Å². The molecular weight excluding hydrogens is 280 g/mol. The molecule has 0 saturated carbocycles. The van der Waals surface area contributed by atoms with E-state index in [9.17, 15) is 20.0 Å². The Labute approximate surface area is 121 Å². The molecule has 1 aliphatic rings. The van der Waals surface area contributed by atoms with Crippen molar-refractivity contribution in [2.75, 3.05) is 19.7 Å². The largest absolute Gasteiger partial charge is 0.394 e. The van der Waals surface area contributed by atoms with Crippen LogP contribution >= 0.6 is 0 Å². The second-order valence-electron chi connectivity index (χ2n) is 5.59. The number of morpholine rings is 1. The maximum atomic E-state index is 12.3. The highest BCUT2D eigenvalue weighted by Gasteiger charge is 2.35. The lowest BCUT2D eigenvalue weighted by Crippen LogP contribution is -2.56. The summed E-state index contributed by atoms with van der Waals surface area (Å²) in [5, 5.41) is 23.5. The van der Waals surface area contributed by atoms with Crippen LogP contribution in [-0.2, 0) is 16.1 Å². The van der Waals surface area contributed by atoms with Gasteiger partial charge in [0.2, 0.25) is 5.91 Å². The number of aliphatic hydroxyl groups excluding tert-OH is 1. The van der Waals surface area contributed by atoms with Crippen LogP contribution in [0.15, 0.2) is 12.3 Å². The van der Waals surface area contributed by atoms with Crippen LogP contribution in [0.3, 0.4) is 0 Å². The fraction of sp³-hybridized carbons (Fsp3) is 0.667. The zero-order valence-electron chi connectivity index (χ0n) is 11.9. The molecule has 9 heteroatoms. The molecule has 1 unspecified atom stereocenters. The number of hydrogen-bond acceptors (Lipinski definition) is 6. The number of ether oxygens (including phenoxy) is 1. The fourth-order valence-corrected chi connectivity index (χ4v) is 2.36. The summed E-state index contributed by atoms with van der Waals surface area (Å²) in [5.74, 6) is -0.513. The number of nitrogens with zero attached hydrogens (tertiary/aromatic N) is 4. The first-order valence-corrected chi connectivity index (χ1v) is 6.55. The Balaban J connectivity index is 2.03. The maximum Gasteiger partial charge on any atom is 0.389 e. The normalized spacial score (nSPS) is 21.3. The summed E-state index contributed by atoms with van der Waals surface area (Å²) < 4.78 is 6.87. The number of hydrogen-bond donors (Lipinski definition) is 1. The Morgan fingerprint density at radius 1 is 1.67 bits per heavy atom. The summed E-state index contributed by atoms with van der Waals surface area (Å²) in [6, 6.07) is 1.24. The Morgan fingerprint density at radius 3 is 2.95 bits per heavy atom. The monoisotopic (exact) mass is 298 g/mol. The zero-order chi connectivity index (χ0) is 15.6. The molecule has 1 amide bonds. The van der Waals surface area contributed by atoms with Gasteiger partial charge >= 0.3 is 5.82 Å². The molecule has 2 heterocycles. The molecule has 116 valence electrons. The second kappa shape index (κ2) is 5.78. The minimum Gasteiger partial charge on any atom is -0.394 e. The lowest BCUT2D eigenvalue weighted by atomic mass is 10.1. The van der Waals surface area contributed by atoms with Crippen molar-refractivity contribution < 1.29 is 19.6 Å². The molecule has 1 aromatic rings. The van der Waals surface area contributed by atoms with Crippen LogP contribution in [0.1, 0.15) is 13.8 Å². The predicted molar refractivity (Wildman–Crippen MR) is 71.5 cm³/mol. The molecule has 0 bridgehead atoms. The molecular formula is C12H18N4O5. The molecule has 0 radical (unpaired) electrons. The van der Waals surface area contributed by atoms with E-state index in [1.54, 1.807) is 4.90 Å². The number of carbonyl (C=O) groups excluding carboxylic acids is 1. The molecule has 1 N–H and O–H groups in total. The lowest BCUT2D eigenvalue weighted by molar-refractivity contribution is -0.389. The van der Waals surface area contributed by atoms with Crippen LogP contribution in [0.5, 0.6) is 0 Å². The highest BCUT2D eigenvalue weighted by Crippen LogP contribution is 2.21. The van der Waals surface area contributed by atoms with E-state index in [0.29, 0.717) is 13.1 Å². The van der Waals surface area contributed by atoms with E-state index in [2.05, 4.69) is 5.10 Å². The maximum absolute atomic E-state index is 12.3. The van der Waals surface area contributed by atoms with E-state index in [1.165, 1.54) is 16.9 Å². The third kappa shape index (κ3) is 3.76. The number of amides is 1. The van der Waals surface area contributed by atoms with Gasteiger partial charge < -0.3 is 24.9 Å². The van der Waals surface area contributed by atoms with Gasteiger partial charge in [0.05, 0.1) is 35.7 Å². The SMILES string of the molecule is CC1(C)CN(C(=O)Cn2ccc([N+](=O)[O-])n2)CC(CO)O1. The Bertz CT molecular complexity index is 542. The molecule has 1 atom stereocenters. The number of aromatic nitrogens is 2. The van der Waals surface area contributed by atoms with Gasteiger partial charge in [-0.25, -0.2) is 0 Å². The van der Waals surface area contributed by atoms with Crippen molar-refractivity contribution in [1.82, 2.24) is 14.7 Å². The van der Waals surface area contributed by atoms with Crippen LogP contribution in [0, 0.1) is 10.1 Å². The lowest BCUT2D eigenvalue weighted by Gasteiger charge is -2.42. The van der Waals surface area contributed by atoms with E-state index in [4.69, 9.17) is 4.74 Å². The van der Waals surface area contributed by atoms with Crippen molar-refractivity contribution in [3.05, 3.63) is 22.4 Å². The Kier molecular flexibility index (Phi) is 4.24. The van der Waals surface area contributed by atoms with E-state index in [1.807, 2.05) is 13.8 Å². The van der Waals surface area contributed by atoms with E-state index in [0.717, 1.165) is 0 Å². The Hall–Kier alpha value is -2.00. The second-order valence-corrected chi connectivity index (χ2v) is 5.59. The summed E-state index contributed by atoms with van der Waals surface area (Å²) >= 11 is 0. The van der Waals surface area contributed by atoms with Gasteiger partial charge in [-0.2, -0.15) is 4.68 Å². The quantitative estimate of drug-likeness (QED) is 0.608. The third-order valence-electron chi connectivity index (χ3n) is 3.15. The summed E-state index contributed by atoms with van der Waals surface area (Å²) in [6.45, 7) is 4.12. The molecule has 21 heavy (non-hydrogen) atoms. The average molecular weight is 298 g/mol. The highest BCUT2D eigenvalue weighted by atomic mass is 16.6. The predicted octanol–water partition coefficient (Wildman–Crippen LogP) is -0.210. The molecule has 1 aromatic heterocycles. The summed E-state index contributed by atoms with van der Waals surface area (Å²) in [4.78, 5) is 23.8. The molecule has 0 aromatic carbocycles. The van der Waals surface area contributed by atoms with Crippen LogP contribution in [0.4, 0.5) is 5.82 Å². The number of nitro groups is 1. The first-order valence-electron chi connectivity index (χ1n) is 6.55. The smallest absolute Gasteiger partial charge is 0.389 e. The van der Waals surface area contributed by atoms with Gasteiger partial charge in [-0.05, 0) is 18.8 Å². The number of rotatable bonds is 4. The standard InChI is InChI=1S/C12H18N4O5/c1-12(2)8-14(5-9(7-17)21-12)11(18)6-15-4-3-10(13-15)16(19)20/h3-4,9,17H,5-8H2,1-2H3. The minimum atomic E-state index is -0.611. The van der Waals surface area contributed by atoms with E-state index in [-0.39, 0.29) is 24.9 Å². The molecule has 2 rings (SSSR count). The van der Waals surface area contributed by atoms with Crippen LogP contribution in [0.2, 0.25) is 0 Å². The van der Waals surface area contributed by atoms with E-state index < -0.39 is 16.6 Å². The Morgan fingerprint density at radius 2 is 2.38 bits per heavy atom. The first-order chi connectivity index (χ1) is 9.80. The number of aliphatic hydroxyl groups is 1. The van der Waals surface area contributed by atoms with Gasteiger partial charge in [-0.1, -0.05) is 0 Å². The average Bonchev–Trinajstić information content (AvgIpc) is 2.85. The van der Waals surface area contributed by atoms with Gasteiger partial charge in [0.25, 0.3) is 0 Å². The summed E-state index contributed by atoms with van der Waals surface area (Å²) in [6.07, 6.45) is 0.968. The van der Waals surface area contributed by atoms with Gasteiger partial charge in [0.1, 0.15) is 6.54 Å². The van der Waals surface area contributed by atoms with Crippen LogP contribution < -0.4 is 0 Å². The molecule has 1 aliphatic heterocycles. The van der Waals surface area contributed by atoms with Gasteiger partial charge in [0, 0.05) is 13.1 Å².